The first-order chi connectivity index (χ1) is 9.13. The van der Waals surface area contributed by atoms with E-state index in [1.165, 1.54) is 16.5 Å². The highest BCUT2D eigenvalue weighted by Gasteiger charge is 2.24. The van der Waals surface area contributed by atoms with Gasteiger partial charge in [-0.05, 0) is 31.4 Å². The van der Waals surface area contributed by atoms with E-state index in [2.05, 4.69) is 34.9 Å². The smallest absolute Gasteiger partial charge is 0.219 e. The number of nitrogens with zero attached hydrogens (tertiary/aromatic N) is 3. The number of carbonyl (C=O) groups excluding carboxylic acids is 1. The third-order valence-electron chi connectivity index (χ3n) is 3.96. The summed E-state index contributed by atoms with van der Waals surface area (Å²) in [5.41, 5.74) is 2.45. The summed E-state index contributed by atoms with van der Waals surface area (Å²) in [6.45, 7) is 6.39. The first-order valence-electron chi connectivity index (χ1n) is 6.81. The van der Waals surface area contributed by atoms with Crippen molar-refractivity contribution in [3.8, 4) is 0 Å². The van der Waals surface area contributed by atoms with Gasteiger partial charge in [-0.1, -0.05) is 11.6 Å². The minimum absolute atomic E-state index is 0.184. The summed E-state index contributed by atoms with van der Waals surface area (Å²) < 4.78 is 2.07. The lowest BCUT2D eigenvalue weighted by Crippen LogP contribution is -2.26. The van der Waals surface area contributed by atoms with E-state index >= 15 is 0 Å². The van der Waals surface area contributed by atoms with Crippen LogP contribution in [0.3, 0.4) is 0 Å². The molecule has 1 unspecified atom stereocenters. The predicted molar refractivity (Wildman–Crippen MR) is 74.8 cm³/mol. The zero-order valence-corrected chi connectivity index (χ0v) is 11.5. The van der Waals surface area contributed by atoms with E-state index in [9.17, 15) is 4.79 Å². The molecule has 2 heterocycles. The second-order valence-corrected chi connectivity index (χ2v) is 5.51. The molecule has 100 valence electrons. The van der Waals surface area contributed by atoms with Crippen molar-refractivity contribution in [3.05, 3.63) is 30.0 Å². The highest BCUT2D eigenvalue weighted by Crippen LogP contribution is 2.21. The maximum Gasteiger partial charge on any atom is 0.219 e. The monoisotopic (exact) mass is 257 g/mol. The minimum Gasteiger partial charge on any atom is -0.343 e. The zero-order chi connectivity index (χ0) is 13.4. The molecular formula is C15H19N3O. The molecule has 1 atom stereocenters. The first-order valence-corrected chi connectivity index (χ1v) is 6.81. The summed E-state index contributed by atoms with van der Waals surface area (Å²) >= 11 is 0. The van der Waals surface area contributed by atoms with Crippen LogP contribution in [0.1, 0.15) is 18.9 Å². The van der Waals surface area contributed by atoms with Crippen molar-refractivity contribution in [1.29, 1.82) is 0 Å². The van der Waals surface area contributed by atoms with Crippen LogP contribution >= 0.6 is 0 Å². The Hall–Kier alpha value is -1.84. The van der Waals surface area contributed by atoms with Gasteiger partial charge in [0.1, 0.15) is 0 Å². The standard InChI is InChI=1S/C15H19N3O/c1-11-3-4-15-14(7-11)8-16-18(15)10-13-5-6-17(9-13)12(2)19/h3-4,7-8,13H,5-6,9-10H2,1-2H3. The van der Waals surface area contributed by atoms with Gasteiger partial charge in [0.2, 0.25) is 5.91 Å². The molecule has 0 radical (unpaired) electrons. The Kier molecular flexibility index (Phi) is 3.01. The number of aromatic nitrogens is 2. The molecule has 2 aromatic rings. The van der Waals surface area contributed by atoms with Crippen LogP contribution in [-0.4, -0.2) is 33.7 Å². The number of carbonyl (C=O) groups is 1. The van der Waals surface area contributed by atoms with Gasteiger partial charge in [-0.25, -0.2) is 0 Å². The normalized spacial score (nSPS) is 19.3. The number of hydrogen-bond donors (Lipinski definition) is 0. The molecule has 0 N–H and O–H groups in total. The van der Waals surface area contributed by atoms with E-state index in [1.807, 2.05) is 11.1 Å². The van der Waals surface area contributed by atoms with E-state index in [1.54, 1.807) is 6.92 Å². The molecule has 1 amide bonds. The van der Waals surface area contributed by atoms with Crippen LogP contribution in [0.25, 0.3) is 10.9 Å². The van der Waals surface area contributed by atoms with E-state index in [4.69, 9.17) is 0 Å². The van der Waals surface area contributed by atoms with Crippen LogP contribution in [0.5, 0.6) is 0 Å². The molecule has 0 bridgehead atoms. The van der Waals surface area contributed by atoms with Gasteiger partial charge in [-0.2, -0.15) is 5.10 Å². The summed E-state index contributed by atoms with van der Waals surface area (Å²) in [6.07, 6.45) is 3.01. The SMILES string of the molecule is CC(=O)N1CCC(Cn2ncc3cc(C)ccc32)C1. The van der Waals surface area contributed by atoms with Gasteiger partial charge in [0.15, 0.2) is 0 Å². The molecule has 3 rings (SSSR count). The summed E-state index contributed by atoms with van der Waals surface area (Å²) in [5, 5.41) is 5.68. The fourth-order valence-electron chi connectivity index (χ4n) is 2.86. The van der Waals surface area contributed by atoms with Crippen molar-refractivity contribution in [2.45, 2.75) is 26.8 Å². The van der Waals surface area contributed by atoms with Crippen LogP contribution in [0.2, 0.25) is 0 Å². The third-order valence-corrected chi connectivity index (χ3v) is 3.96. The van der Waals surface area contributed by atoms with E-state index in [0.717, 1.165) is 26.1 Å². The van der Waals surface area contributed by atoms with E-state index < -0.39 is 0 Å². The van der Waals surface area contributed by atoms with Crippen molar-refractivity contribution in [2.75, 3.05) is 13.1 Å². The Bertz CT molecular complexity index is 617. The topological polar surface area (TPSA) is 38.1 Å². The van der Waals surface area contributed by atoms with Crippen LogP contribution in [-0.2, 0) is 11.3 Å². The second-order valence-electron chi connectivity index (χ2n) is 5.51. The molecular weight excluding hydrogens is 238 g/mol. The number of benzene rings is 1. The van der Waals surface area contributed by atoms with E-state index in [-0.39, 0.29) is 5.91 Å². The van der Waals surface area contributed by atoms with E-state index in [0.29, 0.717) is 5.92 Å². The first kappa shape index (κ1) is 12.2. The molecule has 0 saturated carbocycles. The number of likely N-dealkylation sites (tertiary alicyclic amines) is 1. The van der Waals surface area contributed by atoms with Crippen molar-refractivity contribution in [1.82, 2.24) is 14.7 Å². The van der Waals surface area contributed by atoms with Crippen LogP contribution in [0.4, 0.5) is 0 Å². The van der Waals surface area contributed by atoms with Gasteiger partial charge >= 0.3 is 0 Å². The Labute approximate surface area is 113 Å². The van der Waals surface area contributed by atoms with Crippen LogP contribution in [0, 0.1) is 12.8 Å². The predicted octanol–water partition coefficient (Wildman–Crippen LogP) is 2.21. The van der Waals surface area contributed by atoms with Gasteiger partial charge in [0, 0.05) is 31.9 Å². The van der Waals surface area contributed by atoms with Gasteiger partial charge in [0.05, 0.1) is 11.7 Å². The highest BCUT2D eigenvalue weighted by atomic mass is 16.2. The largest absolute Gasteiger partial charge is 0.343 e. The number of hydrogen-bond acceptors (Lipinski definition) is 2. The molecule has 4 heteroatoms. The number of amides is 1. The molecule has 1 aromatic carbocycles. The lowest BCUT2D eigenvalue weighted by molar-refractivity contribution is -0.127. The van der Waals surface area contributed by atoms with Crippen molar-refractivity contribution >= 4 is 16.8 Å². The molecule has 1 fully saturated rings. The summed E-state index contributed by atoms with van der Waals surface area (Å²) in [5.74, 6) is 0.705. The summed E-state index contributed by atoms with van der Waals surface area (Å²) in [7, 11) is 0. The maximum atomic E-state index is 11.3. The molecule has 1 aliphatic rings. The molecule has 19 heavy (non-hydrogen) atoms. The Morgan fingerprint density at radius 2 is 2.32 bits per heavy atom. The summed E-state index contributed by atoms with van der Waals surface area (Å²) in [4.78, 5) is 13.3. The number of fused-ring (bicyclic) bond motifs is 1. The van der Waals surface area contributed by atoms with Crippen LogP contribution < -0.4 is 0 Å². The fraction of sp³-hybridized carbons (Fsp3) is 0.467. The van der Waals surface area contributed by atoms with Crippen LogP contribution in [0.15, 0.2) is 24.4 Å². The number of rotatable bonds is 2. The maximum absolute atomic E-state index is 11.3. The zero-order valence-electron chi connectivity index (χ0n) is 11.5. The Morgan fingerprint density at radius 3 is 3.05 bits per heavy atom. The number of aryl methyl sites for hydroxylation is 1. The lowest BCUT2D eigenvalue weighted by Gasteiger charge is -2.14. The van der Waals surface area contributed by atoms with Crippen molar-refractivity contribution < 1.29 is 4.79 Å². The van der Waals surface area contributed by atoms with Crippen molar-refractivity contribution in [2.24, 2.45) is 5.92 Å². The fourth-order valence-corrected chi connectivity index (χ4v) is 2.86. The van der Waals surface area contributed by atoms with Gasteiger partial charge in [0.25, 0.3) is 0 Å². The van der Waals surface area contributed by atoms with Crippen molar-refractivity contribution in [3.63, 3.8) is 0 Å². The third kappa shape index (κ3) is 2.35. The Morgan fingerprint density at radius 1 is 1.47 bits per heavy atom. The Balaban J connectivity index is 1.77. The second kappa shape index (κ2) is 4.68. The molecule has 4 nitrogen and oxygen atoms in total. The van der Waals surface area contributed by atoms with Gasteiger partial charge in [-0.3, -0.25) is 9.48 Å². The quantitative estimate of drug-likeness (QED) is 0.827. The molecule has 1 aromatic heterocycles. The highest BCUT2D eigenvalue weighted by molar-refractivity contribution is 5.79. The summed E-state index contributed by atoms with van der Waals surface area (Å²) in [6, 6.07) is 6.42. The van der Waals surface area contributed by atoms with Gasteiger partial charge < -0.3 is 4.90 Å². The molecule has 0 spiro atoms. The molecule has 0 aliphatic carbocycles. The average Bonchev–Trinajstić information content (AvgIpc) is 2.97. The minimum atomic E-state index is 0.184. The molecule has 1 saturated heterocycles. The van der Waals surface area contributed by atoms with Gasteiger partial charge in [-0.15, -0.1) is 0 Å². The molecule has 1 aliphatic heterocycles. The lowest BCUT2D eigenvalue weighted by atomic mass is 10.1. The average molecular weight is 257 g/mol.